The molecule has 3 rings (SSSR count). The maximum Gasteiger partial charge on any atom is 0.365 e. The number of hydrogen-bond donors (Lipinski definition) is 0. The average molecular weight is 419 g/mol. The maximum atomic E-state index is 12.1. The molecule has 1 aliphatic carbocycles. The molecule has 2 aromatic carbocycles. The zero-order valence-electron chi connectivity index (χ0n) is 14.7. The van der Waals surface area contributed by atoms with Crippen molar-refractivity contribution in [3.63, 3.8) is 0 Å². The van der Waals surface area contributed by atoms with Crippen molar-refractivity contribution in [1.29, 1.82) is 0 Å². The number of carbonyl (C=O) groups excluding carboxylic acids is 2. The van der Waals surface area contributed by atoms with Gasteiger partial charge in [0.25, 0.3) is 0 Å². The van der Waals surface area contributed by atoms with Crippen molar-refractivity contribution in [2.45, 2.75) is 25.7 Å². The van der Waals surface area contributed by atoms with Crippen LogP contribution in [-0.4, -0.2) is 23.4 Å². The minimum Gasteiger partial charge on any atom is -0.312 e. The van der Waals surface area contributed by atoms with E-state index in [1.165, 1.54) is 0 Å². The molecule has 0 aromatic heterocycles. The van der Waals surface area contributed by atoms with Gasteiger partial charge in [0.05, 0.1) is 11.1 Å². The molecule has 2 aromatic rings. The average Bonchev–Trinajstić information content (AvgIpc) is 2.72. The van der Waals surface area contributed by atoms with Gasteiger partial charge in [0.15, 0.2) is 0 Å². The summed E-state index contributed by atoms with van der Waals surface area (Å²) < 4.78 is 0. The van der Waals surface area contributed by atoms with Crippen molar-refractivity contribution in [1.82, 2.24) is 0 Å². The van der Waals surface area contributed by atoms with Crippen molar-refractivity contribution in [3.8, 4) is 0 Å². The van der Waals surface area contributed by atoms with Crippen LogP contribution in [0.4, 0.5) is 0 Å². The Kier molecular flexibility index (Phi) is 6.79. The smallest absolute Gasteiger partial charge is 0.312 e. The van der Waals surface area contributed by atoms with E-state index in [1.807, 2.05) is 0 Å². The summed E-state index contributed by atoms with van der Waals surface area (Å²) >= 11 is 11.6. The number of benzene rings is 2. The second-order valence-electron chi connectivity index (χ2n) is 6.05. The molecule has 1 aliphatic rings. The molecule has 6 nitrogen and oxygen atoms in total. The fourth-order valence-electron chi connectivity index (χ4n) is 2.54. The summed E-state index contributed by atoms with van der Waals surface area (Å²) in [4.78, 5) is 34.2. The minimum absolute atomic E-state index is 0.331. The Morgan fingerprint density at radius 1 is 0.679 bits per heavy atom. The molecule has 0 unspecified atom stereocenters. The molecule has 8 heteroatoms. The van der Waals surface area contributed by atoms with Crippen molar-refractivity contribution in [2.24, 2.45) is 10.3 Å². The van der Waals surface area contributed by atoms with Gasteiger partial charge in [-0.15, -0.1) is 0 Å². The predicted octanol–water partition coefficient (Wildman–Crippen LogP) is 5.29. The van der Waals surface area contributed by atoms with Crippen molar-refractivity contribution in [3.05, 3.63) is 69.7 Å². The summed E-state index contributed by atoms with van der Waals surface area (Å²) in [5.41, 5.74) is 1.63. The molecule has 0 N–H and O–H groups in total. The lowest BCUT2D eigenvalue weighted by atomic mass is 9.97. The summed E-state index contributed by atoms with van der Waals surface area (Å²) in [5, 5.41) is 8.88. The Morgan fingerprint density at radius 3 is 1.39 bits per heavy atom. The number of rotatable bonds is 4. The van der Waals surface area contributed by atoms with E-state index in [4.69, 9.17) is 32.9 Å². The van der Waals surface area contributed by atoms with Crippen LogP contribution < -0.4 is 0 Å². The van der Waals surface area contributed by atoms with Crippen LogP contribution in [0.25, 0.3) is 0 Å². The molecule has 1 saturated carbocycles. The van der Waals surface area contributed by atoms with Gasteiger partial charge in [-0.05, 0) is 74.2 Å². The monoisotopic (exact) mass is 418 g/mol. The van der Waals surface area contributed by atoms with Gasteiger partial charge in [0.1, 0.15) is 11.4 Å². The highest BCUT2D eigenvalue weighted by Crippen LogP contribution is 2.16. The van der Waals surface area contributed by atoms with Crippen LogP contribution in [0.2, 0.25) is 10.0 Å². The molecular formula is C20H16Cl2N2O4. The first-order valence-corrected chi connectivity index (χ1v) is 9.36. The second-order valence-corrected chi connectivity index (χ2v) is 6.93. The molecule has 28 heavy (non-hydrogen) atoms. The fraction of sp³-hybridized carbons (Fsp3) is 0.200. The van der Waals surface area contributed by atoms with Crippen LogP contribution in [0.1, 0.15) is 46.4 Å². The largest absolute Gasteiger partial charge is 0.365 e. The SMILES string of the molecule is O=C(ON=C1CCCCC1=NOC(=O)c1ccc(Cl)cc1)c1ccc(Cl)cc1. The maximum absolute atomic E-state index is 12.1. The summed E-state index contributed by atoms with van der Waals surface area (Å²) in [7, 11) is 0. The minimum atomic E-state index is -0.604. The van der Waals surface area contributed by atoms with Gasteiger partial charge in [-0.2, -0.15) is 0 Å². The van der Waals surface area contributed by atoms with Gasteiger partial charge < -0.3 is 9.68 Å². The number of hydrogen-bond acceptors (Lipinski definition) is 6. The van der Waals surface area contributed by atoms with Crippen molar-refractivity contribution < 1.29 is 19.3 Å². The molecule has 0 heterocycles. The van der Waals surface area contributed by atoms with Gasteiger partial charge in [0, 0.05) is 10.0 Å². The Labute approximate surface area is 171 Å². The van der Waals surface area contributed by atoms with Crippen molar-refractivity contribution in [2.75, 3.05) is 0 Å². The third kappa shape index (κ3) is 5.41. The highest BCUT2D eigenvalue weighted by atomic mass is 35.5. The Morgan fingerprint density at radius 2 is 1.04 bits per heavy atom. The fourth-order valence-corrected chi connectivity index (χ4v) is 2.79. The van der Waals surface area contributed by atoms with E-state index in [2.05, 4.69) is 10.3 Å². The summed E-state index contributed by atoms with van der Waals surface area (Å²) in [6.45, 7) is 0. The van der Waals surface area contributed by atoms with Crippen LogP contribution in [0.3, 0.4) is 0 Å². The Bertz CT molecular complexity index is 845. The Balaban J connectivity index is 1.67. The van der Waals surface area contributed by atoms with Gasteiger partial charge in [0.2, 0.25) is 0 Å². The number of nitrogens with zero attached hydrogens (tertiary/aromatic N) is 2. The third-order valence-electron chi connectivity index (χ3n) is 4.05. The number of oxime groups is 2. The van der Waals surface area contributed by atoms with Gasteiger partial charge in [-0.1, -0.05) is 33.5 Å². The Hall–Kier alpha value is -2.70. The lowest BCUT2D eigenvalue weighted by Crippen LogP contribution is -2.21. The van der Waals surface area contributed by atoms with E-state index in [0.29, 0.717) is 45.4 Å². The molecule has 0 aliphatic heterocycles. The first kappa shape index (κ1) is 20.0. The van der Waals surface area contributed by atoms with Gasteiger partial charge in [-0.25, -0.2) is 9.59 Å². The molecule has 0 amide bonds. The van der Waals surface area contributed by atoms with E-state index in [-0.39, 0.29) is 0 Å². The van der Waals surface area contributed by atoms with Crippen LogP contribution in [0, 0.1) is 0 Å². The van der Waals surface area contributed by atoms with Crippen LogP contribution in [-0.2, 0) is 9.68 Å². The van der Waals surface area contributed by atoms with E-state index < -0.39 is 11.9 Å². The highest BCUT2D eigenvalue weighted by Gasteiger charge is 2.19. The molecular weight excluding hydrogens is 403 g/mol. The molecule has 0 spiro atoms. The molecule has 0 radical (unpaired) electrons. The van der Waals surface area contributed by atoms with E-state index in [1.54, 1.807) is 48.5 Å². The molecule has 0 atom stereocenters. The third-order valence-corrected chi connectivity index (χ3v) is 4.55. The molecule has 144 valence electrons. The standard InChI is InChI=1S/C20H16Cl2N2O4/c21-15-9-5-13(6-10-15)19(25)27-23-17-3-1-2-4-18(17)24-28-20(26)14-7-11-16(22)12-8-14/h5-12H,1-4H2. The van der Waals surface area contributed by atoms with Crippen LogP contribution in [0.15, 0.2) is 58.8 Å². The van der Waals surface area contributed by atoms with Gasteiger partial charge in [-0.3, -0.25) is 0 Å². The molecule has 1 fully saturated rings. The lowest BCUT2D eigenvalue weighted by Gasteiger charge is -2.14. The molecule has 0 saturated heterocycles. The normalized spacial score (nSPS) is 16.8. The quantitative estimate of drug-likeness (QED) is 0.498. The van der Waals surface area contributed by atoms with Crippen LogP contribution in [0.5, 0.6) is 0 Å². The molecule has 0 bridgehead atoms. The predicted molar refractivity (Wildman–Crippen MR) is 107 cm³/mol. The highest BCUT2D eigenvalue weighted by molar-refractivity contribution is 6.42. The number of halogens is 2. The summed E-state index contributed by atoms with van der Waals surface area (Å²) in [6.07, 6.45) is 2.90. The first-order chi connectivity index (χ1) is 13.5. The zero-order valence-corrected chi connectivity index (χ0v) is 16.2. The van der Waals surface area contributed by atoms with Gasteiger partial charge >= 0.3 is 11.9 Å². The topological polar surface area (TPSA) is 77.3 Å². The van der Waals surface area contributed by atoms with E-state index in [0.717, 1.165) is 12.8 Å². The first-order valence-electron chi connectivity index (χ1n) is 8.61. The zero-order chi connectivity index (χ0) is 19.9. The van der Waals surface area contributed by atoms with E-state index >= 15 is 0 Å². The number of carbonyl (C=O) groups is 2. The second kappa shape index (κ2) is 9.48. The van der Waals surface area contributed by atoms with Crippen LogP contribution >= 0.6 is 23.2 Å². The summed E-state index contributed by atoms with van der Waals surface area (Å²) in [6, 6.07) is 12.6. The van der Waals surface area contributed by atoms with Crippen molar-refractivity contribution >= 4 is 46.6 Å². The lowest BCUT2D eigenvalue weighted by molar-refractivity contribution is 0.0500. The van der Waals surface area contributed by atoms with E-state index in [9.17, 15) is 9.59 Å². The summed E-state index contributed by atoms with van der Waals surface area (Å²) in [5.74, 6) is -1.21.